The van der Waals surface area contributed by atoms with Crippen molar-refractivity contribution in [1.82, 2.24) is 9.97 Å². The van der Waals surface area contributed by atoms with Crippen LogP contribution in [-0.4, -0.2) is 48.9 Å². The highest BCUT2D eigenvalue weighted by Gasteiger charge is 2.48. The second kappa shape index (κ2) is 7.38. The van der Waals surface area contributed by atoms with Crippen LogP contribution in [0.25, 0.3) is 11.1 Å². The zero-order valence-corrected chi connectivity index (χ0v) is 17.4. The maximum atomic E-state index is 15.0. The van der Waals surface area contributed by atoms with Crippen LogP contribution < -0.4 is 15.4 Å². The summed E-state index contributed by atoms with van der Waals surface area (Å²) in [5.41, 5.74) is 7.24. The first-order chi connectivity index (χ1) is 16.0. The Hall–Kier alpha value is -3.79. The van der Waals surface area contributed by atoms with Crippen molar-refractivity contribution in [3.63, 3.8) is 0 Å². The van der Waals surface area contributed by atoms with Gasteiger partial charge in [-0.3, -0.25) is 0 Å². The third kappa shape index (κ3) is 3.09. The zero-order valence-electron chi connectivity index (χ0n) is 17.4. The lowest BCUT2D eigenvalue weighted by Gasteiger charge is -2.35. The summed E-state index contributed by atoms with van der Waals surface area (Å²) >= 11 is 0. The highest BCUT2D eigenvalue weighted by molar-refractivity contribution is 5.78. The average molecular weight is 451 g/mol. The Bertz CT molecular complexity index is 1300. The van der Waals surface area contributed by atoms with Crippen molar-refractivity contribution in [2.24, 2.45) is 10.7 Å². The van der Waals surface area contributed by atoms with Gasteiger partial charge in [-0.15, -0.1) is 0 Å². The van der Waals surface area contributed by atoms with Crippen LogP contribution in [0.2, 0.25) is 0 Å². The van der Waals surface area contributed by atoms with E-state index in [1.807, 2.05) is 4.90 Å². The number of hydrogen-bond acceptors (Lipinski definition) is 8. The minimum Gasteiger partial charge on any atom is -0.462 e. The van der Waals surface area contributed by atoms with Gasteiger partial charge in [-0.05, 0) is 35.9 Å². The lowest BCUT2D eigenvalue weighted by atomic mass is 9.81. The third-order valence-electron chi connectivity index (χ3n) is 6.15. The van der Waals surface area contributed by atoms with Crippen molar-refractivity contribution in [3.05, 3.63) is 65.6 Å². The molecule has 0 radical (unpaired) electrons. The summed E-state index contributed by atoms with van der Waals surface area (Å²) < 4.78 is 46.3. The molecule has 1 aromatic carbocycles. The normalized spacial score (nSPS) is 21.2. The van der Waals surface area contributed by atoms with Gasteiger partial charge in [0.15, 0.2) is 5.54 Å². The summed E-state index contributed by atoms with van der Waals surface area (Å²) in [4.78, 5) is 14.3. The predicted molar refractivity (Wildman–Crippen MR) is 115 cm³/mol. The molecule has 168 valence electrons. The van der Waals surface area contributed by atoms with Gasteiger partial charge in [-0.25, -0.2) is 9.98 Å². The van der Waals surface area contributed by atoms with Crippen LogP contribution in [0.3, 0.4) is 0 Å². The number of nitrogens with zero attached hydrogens (tertiary/aromatic N) is 4. The second-order valence-corrected chi connectivity index (χ2v) is 8.00. The number of hydrogen-bond donors (Lipinski definition) is 1. The van der Waals surface area contributed by atoms with Crippen LogP contribution in [-0.2, 0) is 15.0 Å². The summed E-state index contributed by atoms with van der Waals surface area (Å²) in [7, 11) is 0. The van der Waals surface area contributed by atoms with E-state index < -0.39 is 17.4 Å². The van der Waals surface area contributed by atoms with Gasteiger partial charge >= 0.3 is 0 Å². The van der Waals surface area contributed by atoms with E-state index in [-0.39, 0.29) is 18.5 Å². The molecule has 1 atom stereocenters. The minimum absolute atomic E-state index is 0.00371. The molecule has 2 aromatic heterocycles. The molecule has 3 aliphatic heterocycles. The Morgan fingerprint density at radius 2 is 1.88 bits per heavy atom. The smallest absolute Gasteiger partial charge is 0.283 e. The van der Waals surface area contributed by atoms with E-state index in [2.05, 4.69) is 15.0 Å². The van der Waals surface area contributed by atoms with Gasteiger partial charge in [-0.1, -0.05) is 6.07 Å². The van der Waals surface area contributed by atoms with Crippen molar-refractivity contribution >= 4 is 11.7 Å². The first kappa shape index (κ1) is 19.9. The summed E-state index contributed by atoms with van der Waals surface area (Å²) in [6.07, 6.45) is 1.39. The zero-order chi connectivity index (χ0) is 22.6. The van der Waals surface area contributed by atoms with Gasteiger partial charge in [-0.2, -0.15) is 13.8 Å². The van der Waals surface area contributed by atoms with Crippen LogP contribution in [0.5, 0.6) is 11.6 Å². The van der Waals surface area contributed by atoms with Crippen molar-refractivity contribution in [3.8, 4) is 22.8 Å². The first-order valence-corrected chi connectivity index (χ1v) is 10.5. The predicted octanol–water partition coefficient (Wildman–Crippen LogP) is 2.95. The van der Waals surface area contributed by atoms with Crippen LogP contribution in [0, 0.1) is 11.9 Å². The molecule has 3 aromatic rings. The highest BCUT2D eigenvalue weighted by Crippen LogP contribution is 2.52. The fourth-order valence-corrected chi connectivity index (χ4v) is 4.53. The average Bonchev–Trinajstić information content (AvgIpc) is 3.22. The van der Waals surface area contributed by atoms with E-state index in [0.717, 1.165) is 0 Å². The van der Waals surface area contributed by atoms with E-state index in [4.69, 9.17) is 19.9 Å². The van der Waals surface area contributed by atoms with E-state index in [1.165, 1.54) is 6.20 Å². The molecular formula is C23H19F2N5O3. The lowest BCUT2D eigenvalue weighted by molar-refractivity contribution is 0.122. The molecule has 0 bridgehead atoms. The molecule has 1 fully saturated rings. The quantitative estimate of drug-likeness (QED) is 0.599. The van der Waals surface area contributed by atoms with E-state index >= 15 is 4.39 Å². The van der Waals surface area contributed by atoms with Gasteiger partial charge < -0.3 is 24.8 Å². The SMILES string of the molecule is NC1=NC2(CO1)c1cc(-c3cccnc3F)ccc1Oc1nc(F)c(N3CCOCC3)cc12. The van der Waals surface area contributed by atoms with E-state index in [0.29, 0.717) is 60.0 Å². The van der Waals surface area contributed by atoms with Crippen LogP contribution in [0.1, 0.15) is 11.1 Å². The van der Waals surface area contributed by atoms with Gasteiger partial charge in [0, 0.05) is 30.4 Å². The minimum atomic E-state index is -1.11. The number of ether oxygens (including phenoxy) is 3. The summed E-state index contributed by atoms with van der Waals surface area (Å²) in [5.74, 6) is -0.713. The molecule has 33 heavy (non-hydrogen) atoms. The molecule has 0 amide bonds. The Kier molecular flexibility index (Phi) is 4.44. The molecule has 6 rings (SSSR count). The molecule has 8 nitrogen and oxygen atoms in total. The standard InChI is InChI=1S/C23H19F2N5O3/c24-19-14(2-1-5-27-19)13-3-4-18-15(10-13)23(12-32-22(26)29-23)16-11-17(20(25)28-21(16)33-18)30-6-8-31-9-7-30/h1-5,10-11H,6-9,12H2,(H2,26,29). The first-order valence-electron chi connectivity index (χ1n) is 10.5. The number of anilines is 1. The Morgan fingerprint density at radius 3 is 2.64 bits per heavy atom. The Morgan fingerprint density at radius 1 is 1.03 bits per heavy atom. The number of aromatic nitrogens is 2. The van der Waals surface area contributed by atoms with Crippen LogP contribution >= 0.6 is 0 Å². The number of amidine groups is 1. The maximum Gasteiger partial charge on any atom is 0.283 e. The van der Waals surface area contributed by atoms with Crippen molar-refractivity contribution in [2.75, 3.05) is 37.8 Å². The Balaban J connectivity index is 1.54. The fraction of sp³-hybridized carbons (Fsp3) is 0.261. The molecule has 2 N–H and O–H groups in total. The summed E-state index contributed by atoms with van der Waals surface area (Å²) in [5, 5.41) is 0. The number of pyridine rings is 2. The number of morpholine rings is 1. The largest absolute Gasteiger partial charge is 0.462 e. The number of benzene rings is 1. The molecular weight excluding hydrogens is 432 g/mol. The molecule has 1 spiro atoms. The summed E-state index contributed by atoms with van der Waals surface area (Å²) in [6, 6.07) is 10.2. The number of rotatable bonds is 2. The number of fused-ring (bicyclic) bond motifs is 4. The van der Waals surface area contributed by atoms with E-state index in [9.17, 15) is 4.39 Å². The van der Waals surface area contributed by atoms with Crippen molar-refractivity contribution in [2.45, 2.75) is 5.54 Å². The maximum absolute atomic E-state index is 15.0. The third-order valence-corrected chi connectivity index (χ3v) is 6.15. The fourth-order valence-electron chi connectivity index (χ4n) is 4.53. The molecule has 0 aliphatic carbocycles. The molecule has 1 unspecified atom stereocenters. The lowest BCUT2D eigenvalue weighted by Crippen LogP contribution is -2.38. The van der Waals surface area contributed by atoms with Gasteiger partial charge in [0.25, 0.3) is 6.02 Å². The molecule has 5 heterocycles. The number of nitrogens with two attached hydrogens (primary N) is 1. The molecule has 3 aliphatic rings. The monoisotopic (exact) mass is 451 g/mol. The van der Waals surface area contributed by atoms with Gasteiger partial charge in [0.05, 0.1) is 24.5 Å². The second-order valence-electron chi connectivity index (χ2n) is 8.00. The number of halogens is 2. The molecule has 0 saturated carbocycles. The van der Waals surface area contributed by atoms with Gasteiger partial charge in [0.1, 0.15) is 12.4 Å². The topological polar surface area (TPSA) is 95.1 Å². The van der Waals surface area contributed by atoms with Crippen molar-refractivity contribution < 1.29 is 23.0 Å². The summed E-state index contributed by atoms with van der Waals surface area (Å²) in [6.45, 7) is 2.14. The van der Waals surface area contributed by atoms with Crippen molar-refractivity contribution in [1.29, 1.82) is 0 Å². The molecule has 10 heteroatoms. The molecule has 1 saturated heterocycles. The van der Waals surface area contributed by atoms with Crippen LogP contribution in [0.4, 0.5) is 14.5 Å². The number of aliphatic imine (C=N–C) groups is 1. The van der Waals surface area contributed by atoms with Gasteiger partial charge in [0.2, 0.25) is 17.8 Å². The Labute approximate surface area is 187 Å². The highest BCUT2D eigenvalue weighted by atomic mass is 19.1. The van der Waals surface area contributed by atoms with E-state index in [1.54, 1.807) is 36.4 Å². The van der Waals surface area contributed by atoms with Crippen LogP contribution in [0.15, 0.2) is 47.6 Å².